The maximum Gasteiger partial charge on any atom is 0.472 e. The summed E-state index contributed by atoms with van der Waals surface area (Å²) in [5.74, 6) is -1.79. The van der Waals surface area contributed by atoms with Gasteiger partial charge in [-0.05, 0) is 57.8 Å². The molecule has 0 saturated heterocycles. The first-order chi connectivity index (χ1) is 25.2. The van der Waals surface area contributed by atoms with Crippen molar-refractivity contribution < 1.29 is 42.7 Å². The molecule has 306 valence electrons. The third kappa shape index (κ3) is 36.8. The predicted molar refractivity (Wildman–Crippen MR) is 212 cm³/mol. The molecular weight excluding hydrogens is 681 g/mol. The number of carboxylic acids is 1. The molecule has 0 aliphatic carbocycles. The van der Waals surface area contributed by atoms with E-state index in [9.17, 15) is 19.0 Å². The SMILES string of the molecule is CCC/C=C\CCCCCCCC(=O)OC(COCCCCCCCCCCCC/C=C\CCCCCCCC)COP(=O)(O)OCC(N)C(=O)O. The molecule has 4 N–H and O–H groups in total. The highest BCUT2D eigenvalue weighted by atomic mass is 31.2. The number of phosphoric ester groups is 1. The van der Waals surface area contributed by atoms with Crippen LogP contribution >= 0.6 is 7.82 Å². The number of unbranched alkanes of at least 4 members (excludes halogenated alkanes) is 22. The van der Waals surface area contributed by atoms with Gasteiger partial charge in [-0.15, -0.1) is 0 Å². The molecule has 0 spiro atoms. The van der Waals surface area contributed by atoms with Crippen LogP contribution in [-0.4, -0.2) is 60.5 Å². The number of hydrogen-bond donors (Lipinski definition) is 3. The Labute approximate surface area is 317 Å². The zero-order chi connectivity index (χ0) is 38.4. The van der Waals surface area contributed by atoms with Crippen LogP contribution < -0.4 is 5.73 Å². The molecule has 0 aliphatic rings. The van der Waals surface area contributed by atoms with Gasteiger partial charge in [0, 0.05) is 13.0 Å². The quantitative estimate of drug-likeness (QED) is 0.0238. The first kappa shape index (κ1) is 50.5. The molecule has 10 nitrogen and oxygen atoms in total. The topological polar surface area (TPSA) is 155 Å². The van der Waals surface area contributed by atoms with E-state index < -0.39 is 45.1 Å². The van der Waals surface area contributed by atoms with Crippen LogP contribution in [0.4, 0.5) is 0 Å². The third-order valence-corrected chi connectivity index (χ3v) is 9.88. The average Bonchev–Trinajstić information content (AvgIpc) is 3.12. The molecule has 0 bridgehead atoms. The van der Waals surface area contributed by atoms with Gasteiger partial charge in [0.05, 0.1) is 19.8 Å². The largest absolute Gasteiger partial charge is 0.480 e. The Kier molecular flexibility index (Phi) is 36.6. The number of nitrogens with two attached hydrogens (primary N) is 1. The number of aliphatic carboxylic acids is 1. The molecule has 0 fully saturated rings. The number of esters is 1. The number of carbonyl (C=O) groups is 2. The van der Waals surface area contributed by atoms with Crippen molar-refractivity contribution in [3.63, 3.8) is 0 Å². The fourth-order valence-corrected chi connectivity index (χ4v) is 6.44. The van der Waals surface area contributed by atoms with Gasteiger partial charge in [0.25, 0.3) is 0 Å². The van der Waals surface area contributed by atoms with Gasteiger partial charge in [0.2, 0.25) is 0 Å². The van der Waals surface area contributed by atoms with Gasteiger partial charge in [-0.3, -0.25) is 18.6 Å². The number of carboxylic acid groups (broad SMARTS) is 1. The van der Waals surface area contributed by atoms with E-state index in [0.29, 0.717) is 13.0 Å². The number of allylic oxidation sites excluding steroid dienone is 4. The highest BCUT2D eigenvalue weighted by molar-refractivity contribution is 7.47. The number of ether oxygens (including phenoxy) is 2. The monoisotopic (exact) mass is 760 g/mol. The predicted octanol–water partition coefficient (Wildman–Crippen LogP) is 11.1. The summed E-state index contributed by atoms with van der Waals surface area (Å²) in [6.07, 6.45) is 39.6. The lowest BCUT2D eigenvalue weighted by atomic mass is 10.1. The fraction of sp³-hybridized carbons (Fsp3) is 0.854. The van der Waals surface area contributed by atoms with Crippen LogP contribution in [0.25, 0.3) is 0 Å². The summed E-state index contributed by atoms with van der Waals surface area (Å²) in [6, 6.07) is -1.47. The summed E-state index contributed by atoms with van der Waals surface area (Å²) in [6.45, 7) is 3.80. The Hall–Kier alpha value is -1.55. The molecule has 0 aromatic carbocycles. The van der Waals surface area contributed by atoms with E-state index in [-0.39, 0.29) is 13.0 Å². The lowest BCUT2D eigenvalue weighted by molar-refractivity contribution is -0.154. The van der Waals surface area contributed by atoms with Gasteiger partial charge in [0.1, 0.15) is 12.1 Å². The number of carbonyl (C=O) groups excluding carboxylic acids is 1. The molecule has 0 aromatic heterocycles. The van der Waals surface area contributed by atoms with E-state index in [1.54, 1.807) is 0 Å². The average molecular weight is 760 g/mol. The standard InChI is InChI=1S/C41H78NO9P/c1-3-5-7-9-11-13-15-16-17-18-19-20-21-22-23-24-26-28-30-32-34-48-35-38(36-49-52(46,47)50-37-39(42)41(44)45)51-40(43)33-31-29-27-25-14-12-10-8-6-4-2/h8,10,16-17,38-39H,3-7,9,11-15,18-37,42H2,1-2H3,(H,44,45)(H,46,47)/b10-8-,17-16-. The first-order valence-corrected chi connectivity index (χ1v) is 22.4. The molecule has 3 unspecified atom stereocenters. The summed E-state index contributed by atoms with van der Waals surface area (Å²) < 4.78 is 33.2. The molecule has 52 heavy (non-hydrogen) atoms. The van der Waals surface area contributed by atoms with Crippen molar-refractivity contribution in [3.8, 4) is 0 Å². The number of phosphoric acid groups is 1. The zero-order valence-corrected chi connectivity index (χ0v) is 34.1. The summed E-state index contributed by atoms with van der Waals surface area (Å²) in [5, 5.41) is 8.87. The van der Waals surface area contributed by atoms with Gasteiger partial charge in [-0.1, -0.05) is 147 Å². The molecule has 0 radical (unpaired) electrons. The van der Waals surface area contributed by atoms with Crippen molar-refractivity contribution >= 4 is 19.8 Å². The van der Waals surface area contributed by atoms with Gasteiger partial charge in [0.15, 0.2) is 0 Å². The van der Waals surface area contributed by atoms with Crippen molar-refractivity contribution in [1.29, 1.82) is 0 Å². The smallest absolute Gasteiger partial charge is 0.472 e. The van der Waals surface area contributed by atoms with Crippen LogP contribution in [-0.2, 0) is 32.7 Å². The van der Waals surface area contributed by atoms with Gasteiger partial charge in [-0.25, -0.2) is 4.57 Å². The summed E-state index contributed by atoms with van der Waals surface area (Å²) in [5.41, 5.74) is 5.34. The minimum absolute atomic E-state index is 0.0147. The molecule has 0 heterocycles. The molecule has 0 aliphatic heterocycles. The zero-order valence-electron chi connectivity index (χ0n) is 33.2. The van der Waals surface area contributed by atoms with E-state index in [1.165, 1.54) is 103 Å². The van der Waals surface area contributed by atoms with Crippen molar-refractivity contribution in [3.05, 3.63) is 24.3 Å². The third-order valence-electron chi connectivity index (χ3n) is 8.93. The molecule has 0 aromatic rings. The minimum Gasteiger partial charge on any atom is -0.480 e. The van der Waals surface area contributed by atoms with E-state index >= 15 is 0 Å². The Morgan fingerprint density at radius 1 is 0.596 bits per heavy atom. The Balaban J connectivity index is 4.15. The van der Waals surface area contributed by atoms with E-state index in [0.717, 1.165) is 57.8 Å². The normalized spacial score (nSPS) is 14.2. The van der Waals surface area contributed by atoms with Crippen molar-refractivity contribution in [1.82, 2.24) is 0 Å². The van der Waals surface area contributed by atoms with E-state index in [4.69, 9.17) is 29.4 Å². The summed E-state index contributed by atoms with van der Waals surface area (Å²) in [4.78, 5) is 33.4. The van der Waals surface area contributed by atoms with Crippen LogP contribution in [0, 0.1) is 0 Å². The fourth-order valence-electron chi connectivity index (χ4n) is 5.66. The molecule has 0 saturated carbocycles. The van der Waals surface area contributed by atoms with Crippen LogP contribution in [0.3, 0.4) is 0 Å². The molecular formula is C41H78NO9P. The Morgan fingerprint density at radius 2 is 1.04 bits per heavy atom. The second-order valence-corrected chi connectivity index (χ2v) is 15.6. The second-order valence-electron chi connectivity index (χ2n) is 14.1. The lowest BCUT2D eigenvalue weighted by Gasteiger charge is -2.20. The van der Waals surface area contributed by atoms with Crippen LogP contribution in [0.2, 0.25) is 0 Å². The van der Waals surface area contributed by atoms with Crippen LogP contribution in [0.5, 0.6) is 0 Å². The molecule has 3 atom stereocenters. The molecule has 11 heteroatoms. The van der Waals surface area contributed by atoms with Gasteiger partial charge in [-0.2, -0.15) is 0 Å². The summed E-state index contributed by atoms with van der Waals surface area (Å²) >= 11 is 0. The van der Waals surface area contributed by atoms with Gasteiger partial charge < -0.3 is 25.2 Å². The highest BCUT2D eigenvalue weighted by Gasteiger charge is 2.27. The van der Waals surface area contributed by atoms with E-state index in [1.807, 2.05) is 0 Å². The Morgan fingerprint density at radius 3 is 1.54 bits per heavy atom. The summed E-state index contributed by atoms with van der Waals surface area (Å²) in [7, 11) is -4.61. The number of hydrogen-bond acceptors (Lipinski definition) is 8. The second kappa shape index (κ2) is 37.8. The molecule has 0 rings (SSSR count). The van der Waals surface area contributed by atoms with Crippen molar-refractivity contribution in [2.75, 3.05) is 26.4 Å². The molecule has 0 amide bonds. The van der Waals surface area contributed by atoms with Crippen LogP contribution in [0.1, 0.15) is 187 Å². The van der Waals surface area contributed by atoms with Gasteiger partial charge >= 0.3 is 19.8 Å². The Bertz CT molecular complexity index is 930. The van der Waals surface area contributed by atoms with Crippen LogP contribution in [0.15, 0.2) is 24.3 Å². The van der Waals surface area contributed by atoms with Crippen molar-refractivity contribution in [2.45, 2.75) is 199 Å². The number of rotatable bonds is 40. The first-order valence-electron chi connectivity index (χ1n) is 20.9. The maximum atomic E-state index is 12.5. The van der Waals surface area contributed by atoms with Crippen molar-refractivity contribution in [2.24, 2.45) is 5.73 Å². The lowest BCUT2D eigenvalue weighted by Crippen LogP contribution is -2.34. The minimum atomic E-state index is -4.61. The highest BCUT2D eigenvalue weighted by Crippen LogP contribution is 2.43. The maximum absolute atomic E-state index is 12.5. The van der Waals surface area contributed by atoms with E-state index in [2.05, 4.69) is 38.2 Å².